The van der Waals surface area contributed by atoms with Crippen LogP contribution in [0.2, 0.25) is 0 Å². The molecule has 32 heavy (non-hydrogen) atoms. The molecule has 8 nitrogen and oxygen atoms in total. The predicted octanol–water partition coefficient (Wildman–Crippen LogP) is 3.85. The van der Waals surface area contributed by atoms with Crippen LogP contribution in [0.15, 0.2) is 41.6 Å². The molecule has 168 valence electrons. The standard InChI is InChI=1S/C23H26FN5O3/c1-3-31-17-7-5-16-6-8-21(32-4-2)19(18(16)13-17)14-26-28-23-25-15-20(24)22(27-23)29-9-11-30-12-10-29/h5-8,13-15H,3-4,9-12H2,1-2H3,(H,25,27,28)/b26-14+. The van der Waals surface area contributed by atoms with Crippen LogP contribution in [0.4, 0.5) is 16.2 Å². The van der Waals surface area contributed by atoms with E-state index in [0.29, 0.717) is 45.3 Å². The molecule has 1 aliphatic rings. The van der Waals surface area contributed by atoms with Gasteiger partial charge in [-0.3, -0.25) is 0 Å². The van der Waals surface area contributed by atoms with E-state index in [-0.39, 0.29) is 11.8 Å². The van der Waals surface area contributed by atoms with Crippen molar-refractivity contribution in [3.05, 3.63) is 47.9 Å². The second-order valence-electron chi connectivity index (χ2n) is 7.06. The molecule has 0 atom stereocenters. The molecule has 4 rings (SSSR count). The smallest absolute Gasteiger partial charge is 0.245 e. The largest absolute Gasteiger partial charge is 0.494 e. The number of hydrazone groups is 1. The summed E-state index contributed by atoms with van der Waals surface area (Å²) in [6.07, 6.45) is 2.80. The van der Waals surface area contributed by atoms with Gasteiger partial charge in [0.15, 0.2) is 11.6 Å². The molecule has 0 spiro atoms. The summed E-state index contributed by atoms with van der Waals surface area (Å²) in [6.45, 7) is 7.20. The molecule has 3 aromatic rings. The molecule has 1 N–H and O–H groups in total. The van der Waals surface area contributed by atoms with Gasteiger partial charge >= 0.3 is 0 Å². The van der Waals surface area contributed by atoms with Gasteiger partial charge in [0.1, 0.15) is 11.5 Å². The maximum absolute atomic E-state index is 14.3. The fourth-order valence-electron chi connectivity index (χ4n) is 3.54. The van der Waals surface area contributed by atoms with E-state index >= 15 is 0 Å². The average Bonchev–Trinajstić information content (AvgIpc) is 2.82. The molecule has 0 bridgehead atoms. The van der Waals surface area contributed by atoms with Crippen LogP contribution < -0.4 is 19.8 Å². The van der Waals surface area contributed by atoms with Gasteiger partial charge in [0.05, 0.1) is 38.8 Å². The minimum absolute atomic E-state index is 0.206. The van der Waals surface area contributed by atoms with Gasteiger partial charge in [-0.25, -0.2) is 14.8 Å². The van der Waals surface area contributed by atoms with Crippen LogP contribution in [0.5, 0.6) is 11.5 Å². The number of fused-ring (bicyclic) bond motifs is 1. The Labute approximate surface area is 186 Å². The lowest BCUT2D eigenvalue weighted by molar-refractivity contribution is 0.122. The van der Waals surface area contributed by atoms with Gasteiger partial charge < -0.3 is 19.1 Å². The van der Waals surface area contributed by atoms with E-state index < -0.39 is 5.82 Å². The zero-order chi connectivity index (χ0) is 22.3. The summed E-state index contributed by atoms with van der Waals surface area (Å²) in [5.74, 6) is 1.44. The number of nitrogens with one attached hydrogen (secondary N) is 1. The van der Waals surface area contributed by atoms with Crippen LogP contribution in [0.25, 0.3) is 10.8 Å². The summed E-state index contributed by atoms with van der Waals surface area (Å²) in [5.41, 5.74) is 3.61. The van der Waals surface area contributed by atoms with Crippen molar-refractivity contribution in [2.45, 2.75) is 13.8 Å². The highest BCUT2D eigenvalue weighted by Crippen LogP contribution is 2.30. The summed E-state index contributed by atoms with van der Waals surface area (Å²) in [7, 11) is 0. The van der Waals surface area contributed by atoms with Crippen LogP contribution in [-0.4, -0.2) is 55.7 Å². The zero-order valence-electron chi connectivity index (χ0n) is 18.2. The number of hydrogen-bond donors (Lipinski definition) is 1. The fourth-order valence-corrected chi connectivity index (χ4v) is 3.54. The molecule has 1 aliphatic heterocycles. The van der Waals surface area contributed by atoms with Crippen molar-refractivity contribution in [3.8, 4) is 11.5 Å². The molecule has 0 radical (unpaired) electrons. The first-order valence-electron chi connectivity index (χ1n) is 10.7. The number of benzene rings is 2. The highest BCUT2D eigenvalue weighted by molar-refractivity contribution is 6.03. The van der Waals surface area contributed by atoms with Crippen molar-refractivity contribution < 1.29 is 18.6 Å². The molecule has 1 aromatic heterocycles. The van der Waals surface area contributed by atoms with Crippen molar-refractivity contribution >= 4 is 28.8 Å². The predicted molar refractivity (Wildman–Crippen MR) is 123 cm³/mol. The molecular formula is C23H26FN5O3. The van der Waals surface area contributed by atoms with Gasteiger partial charge in [-0.1, -0.05) is 12.1 Å². The molecule has 2 aromatic carbocycles. The number of halogens is 1. The summed E-state index contributed by atoms with van der Waals surface area (Å²) < 4.78 is 31.0. The minimum Gasteiger partial charge on any atom is -0.494 e. The lowest BCUT2D eigenvalue weighted by Gasteiger charge is -2.27. The number of rotatable bonds is 8. The molecule has 9 heteroatoms. The Morgan fingerprint density at radius 3 is 2.72 bits per heavy atom. The van der Waals surface area contributed by atoms with E-state index in [1.165, 1.54) is 0 Å². The van der Waals surface area contributed by atoms with Gasteiger partial charge in [0, 0.05) is 18.7 Å². The average molecular weight is 439 g/mol. The van der Waals surface area contributed by atoms with Gasteiger partial charge in [0.25, 0.3) is 0 Å². The monoisotopic (exact) mass is 439 g/mol. The SMILES string of the molecule is CCOc1ccc2ccc(OCC)c(/C=N/Nc3ncc(F)c(N4CCOCC4)n3)c2c1. The van der Waals surface area contributed by atoms with E-state index in [4.69, 9.17) is 14.2 Å². The second-order valence-corrected chi connectivity index (χ2v) is 7.06. The summed E-state index contributed by atoms with van der Waals surface area (Å²) in [6, 6.07) is 9.81. The van der Waals surface area contributed by atoms with E-state index in [2.05, 4.69) is 20.5 Å². The first kappa shape index (κ1) is 21.8. The molecule has 1 saturated heterocycles. The third kappa shape index (κ3) is 4.88. The Kier molecular flexibility index (Phi) is 6.96. The van der Waals surface area contributed by atoms with Gasteiger partial charge in [0.2, 0.25) is 5.95 Å². The number of aromatic nitrogens is 2. The Morgan fingerprint density at radius 1 is 1.16 bits per heavy atom. The third-order valence-electron chi connectivity index (χ3n) is 5.00. The van der Waals surface area contributed by atoms with Crippen molar-refractivity contribution in [1.82, 2.24) is 9.97 Å². The maximum atomic E-state index is 14.3. The lowest BCUT2D eigenvalue weighted by Crippen LogP contribution is -2.37. The summed E-state index contributed by atoms with van der Waals surface area (Å²) in [5, 5.41) is 6.29. The molecular weight excluding hydrogens is 413 g/mol. The van der Waals surface area contributed by atoms with Gasteiger partial charge in [-0.2, -0.15) is 10.1 Å². The first-order chi connectivity index (χ1) is 15.7. The Bertz CT molecular complexity index is 1100. The second kappa shape index (κ2) is 10.2. The highest BCUT2D eigenvalue weighted by atomic mass is 19.1. The van der Waals surface area contributed by atoms with Crippen LogP contribution in [-0.2, 0) is 4.74 Å². The molecule has 0 unspecified atom stereocenters. The topological polar surface area (TPSA) is 81.1 Å². The van der Waals surface area contributed by atoms with E-state index in [1.54, 1.807) is 6.21 Å². The van der Waals surface area contributed by atoms with E-state index in [9.17, 15) is 4.39 Å². The Balaban J connectivity index is 1.61. The van der Waals surface area contributed by atoms with Crippen LogP contribution in [0.3, 0.4) is 0 Å². The third-order valence-corrected chi connectivity index (χ3v) is 5.00. The van der Waals surface area contributed by atoms with Crippen molar-refractivity contribution in [1.29, 1.82) is 0 Å². The number of hydrogen-bond acceptors (Lipinski definition) is 8. The molecule has 0 aliphatic carbocycles. The van der Waals surface area contributed by atoms with Crippen LogP contribution in [0, 0.1) is 5.82 Å². The Hall–Kier alpha value is -3.46. The van der Waals surface area contributed by atoms with Crippen LogP contribution in [0.1, 0.15) is 19.4 Å². The maximum Gasteiger partial charge on any atom is 0.245 e. The van der Waals surface area contributed by atoms with Crippen molar-refractivity contribution in [2.75, 3.05) is 49.8 Å². The quantitative estimate of drug-likeness (QED) is 0.422. The normalized spacial score (nSPS) is 14.2. The Morgan fingerprint density at radius 2 is 1.94 bits per heavy atom. The van der Waals surface area contributed by atoms with Gasteiger partial charge in [-0.15, -0.1) is 0 Å². The number of nitrogens with zero attached hydrogens (tertiary/aromatic N) is 4. The van der Waals surface area contributed by atoms with Crippen molar-refractivity contribution in [3.63, 3.8) is 0 Å². The zero-order valence-corrected chi connectivity index (χ0v) is 18.2. The van der Waals surface area contributed by atoms with E-state index in [0.717, 1.165) is 28.3 Å². The molecule has 0 saturated carbocycles. The number of morpholine rings is 1. The summed E-state index contributed by atoms with van der Waals surface area (Å²) in [4.78, 5) is 10.1. The number of anilines is 2. The summed E-state index contributed by atoms with van der Waals surface area (Å²) >= 11 is 0. The highest BCUT2D eigenvalue weighted by Gasteiger charge is 2.17. The molecule has 2 heterocycles. The first-order valence-corrected chi connectivity index (χ1v) is 10.7. The van der Waals surface area contributed by atoms with E-state index in [1.807, 2.05) is 49.1 Å². The molecule has 0 amide bonds. The van der Waals surface area contributed by atoms with Crippen LogP contribution >= 0.6 is 0 Å². The van der Waals surface area contributed by atoms with Gasteiger partial charge in [-0.05, 0) is 42.8 Å². The van der Waals surface area contributed by atoms with Crippen molar-refractivity contribution in [2.24, 2.45) is 5.10 Å². The molecule has 1 fully saturated rings. The minimum atomic E-state index is -0.474. The number of ether oxygens (including phenoxy) is 3. The fraction of sp³-hybridized carbons (Fsp3) is 0.348. The lowest BCUT2D eigenvalue weighted by atomic mass is 10.0.